The first kappa shape index (κ1) is 22.5. The first-order valence-corrected chi connectivity index (χ1v) is 13.8. The van der Waals surface area contributed by atoms with Crippen LogP contribution in [0.2, 0.25) is 25.2 Å². The lowest BCUT2D eigenvalue weighted by Gasteiger charge is -2.33. The normalized spacial score (nSPS) is 17.5. The van der Waals surface area contributed by atoms with Gasteiger partial charge in [0.05, 0.1) is 15.2 Å². The smallest absolute Gasteiger partial charge is 0.127 e. The van der Waals surface area contributed by atoms with Crippen LogP contribution in [0.1, 0.15) is 45.7 Å². The lowest BCUT2D eigenvalue weighted by Crippen LogP contribution is -2.26. The van der Waals surface area contributed by atoms with Crippen molar-refractivity contribution >= 4 is 8.07 Å². The Balaban J connectivity index is 2.68. The molecule has 0 saturated heterocycles. The predicted octanol–water partition coefficient (Wildman–Crippen LogP) is 7.04. The SMILES string of the molecule is C=CCOc1c(C(C)(C)C)cc(OC)cc1C(C)(C)C1=CC([Si](C)(C)C)C=C1. The molecule has 0 amide bonds. The summed E-state index contributed by atoms with van der Waals surface area (Å²) >= 11 is 0. The number of allylic oxidation sites excluding steroid dienone is 4. The number of rotatable bonds is 7. The van der Waals surface area contributed by atoms with Crippen molar-refractivity contribution in [3.63, 3.8) is 0 Å². The molecule has 0 bridgehead atoms. The molecule has 154 valence electrons. The minimum Gasteiger partial charge on any atom is -0.497 e. The molecule has 0 N–H and O–H groups in total. The topological polar surface area (TPSA) is 18.5 Å². The van der Waals surface area contributed by atoms with E-state index in [2.05, 4.69) is 91.2 Å². The Hall–Kier alpha value is -1.74. The average Bonchev–Trinajstić information content (AvgIpc) is 3.09. The van der Waals surface area contributed by atoms with Crippen molar-refractivity contribution in [2.45, 2.75) is 70.6 Å². The highest BCUT2D eigenvalue weighted by atomic mass is 28.3. The molecule has 28 heavy (non-hydrogen) atoms. The second kappa shape index (κ2) is 7.94. The summed E-state index contributed by atoms with van der Waals surface area (Å²) in [5.41, 5.74) is 4.03. The van der Waals surface area contributed by atoms with Crippen LogP contribution in [0.4, 0.5) is 0 Å². The number of hydrogen-bond acceptors (Lipinski definition) is 2. The lowest BCUT2D eigenvalue weighted by molar-refractivity contribution is 0.337. The predicted molar refractivity (Wildman–Crippen MR) is 125 cm³/mol. The quantitative estimate of drug-likeness (QED) is 0.362. The summed E-state index contributed by atoms with van der Waals surface area (Å²) in [7, 11) is 0.464. The Kier molecular flexibility index (Phi) is 6.39. The van der Waals surface area contributed by atoms with Crippen molar-refractivity contribution in [2.75, 3.05) is 13.7 Å². The Morgan fingerprint density at radius 2 is 1.68 bits per heavy atom. The first-order chi connectivity index (χ1) is 12.8. The molecule has 0 aromatic heterocycles. The minimum absolute atomic E-state index is 0.0589. The van der Waals surface area contributed by atoms with Gasteiger partial charge in [-0.1, -0.05) is 85.1 Å². The minimum atomic E-state index is -1.27. The van der Waals surface area contributed by atoms with E-state index in [-0.39, 0.29) is 10.8 Å². The van der Waals surface area contributed by atoms with Crippen molar-refractivity contribution in [3.05, 3.63) is 59.7 Å². The molecule has 2 nitrogen and oxygen atoms in total. The summed E-state index contributed by atoms with van der Waals surface area (Å²) in [6.45, 7) is 22.8. The Morgan fingerprint density at radius 3 is 2.14 bits per heavy atom. The molecule has 2 rings (SSSR count). The van der Waals surface area contributed by atoms with Gasteiger partial charge < -0.3 is 9.47 Å². The molecule has 0 saturated carbocycles. The van der Waals surface area contributed by atoms with Gasteiger partial charge in [-0.25, -0.2) is 0 Å². The maximum atomic E-state index is 6.27. The third kappa shape index (κ3) is 4.63. The summed E-state index contributed by atoms with van der Waals surface area (Å²) in [6, 6.07) is 4.26. The van der Waals surface area contributed by atoms with Crippen LogP contribution in [0.25, 0.3) is 0 Å². The second-order valence-electron chi connectivity index (χ2n) is 10.4. The fraction of sp³-hybridized carbons (Fsp3) is 0.520. The molecule has 0 fully saturated rings. The molecule has 0 radical (unpaired) electrons. The summed E-state index contributed by atoms with van der Waals surface area (Å²) in [5, 5.41) is 0. The molecule has 3 heteroatoms. The van der Waals surface area contributed by atoms with E-state index in [1.807, 2.05) is 6.08 Å². The second-order valence-corrected chi connectivity index (χ2v) is 15.8. The van der Waals surface area contributed by atoms with Crippen LogP contribution in [0.15, 0.2) is 48.6 Å². The molecule has 1 unspecified atom stereocenters. The third-order valence-electron chi connectivity index (χ3n) is 5.69. The summed E-state index contributed by atoms with van der Waals surface area (Å²) < 4.78 is 11.9. The Bertz CT molecular complexity index is 786. The van der Waals surface area contributed by atoms with E-state index < -0.39 is 8.07 Å². The van der Waals surface area contributed by atoms with Gasteiger partial charge in [0.1, 0.15) is 18.1 Å². The van der Waals surface area contributed by atoms with Gasteiger partial charge in [0.25, 0.3) is 0 Å². The molecular formula is C25H38O2Si. The number of benzene rings is 1. The highest BCUT2D eigenvalue weighted by molar-refractivity contribution is 6.78. The lowest BCUT2D eigenvalue weighted by atomic mass is 9.74. The van der Waals surface area contributed by atoms with E-state index in [1.54, 1.807) is 7.11 Å². The molecular weight excluding hydrogens is 360 g/mol. The monoisotopic (exact) mass is 398 g/mol. The van der Waals surface area contributed by atoms with Crippen LogP contribution in [0.5, 0.6) is 11.5 Å². The van der Waals surface area contributed by atoms with Crippen molar-refractivity contribution in [1.29, 1.82) is 0 Å². The van der Waals surface area contributed by atoms with E-state index >= 15 is 0 Å². The summed E-state index contributed by atoms with van der Waals surface area (Å²) in [5.74, 6) is 1.84. The number of ether oxygens (including phenoxy) is 2. The highest BCUT2D eigenvalue weighted by Crippen LogP contribution is 2.47. The maximum absolute atomic E-state index is 6.27. The van der Waals surface area contributed by atoms with E-state index in [1.165, 1.54) is 16.7 Å². The molecule has 0 spiro atoms. The fourth-order valence-corrected chi connectivity index (χ4v) is 5.02. The fourth-order valence-electron chi connectivity index (χ4n) is 3.66. The molecule has 1 aromatic carbocycles. The van der Waals surface area contributed by atoms with E-state index in [4.69, 9.17) is 9.47 Å². The molecule has 0 heterocycles. The maximum Gasteiger partial charge on any atom is 0.127 e. The number of methoxy groups -OCH3 is 1. The molecule has 1 aliphatic carbocycles. The van der Waals surface area contributed by atoms with Crippen molar-refractivity contribution < 1.29 is 9.47 Å². The van der Waals surface area contributed by atoms with E-state index in [0.29, 0.717) is 12.1 Å². The molecule has 1 aliphatic rings. The van der Waals surface area contributed by atoms with Crippen molar-refractivity contribution in [3.8, 4) is 11.5 Å². The first-order valence-electron chi connectivity index (χ1n) is 10.2. The van der Waals surface area contributed by atoms with Gasteiger partial charge in [-0.05, 0) is 28.7 Å². The molecule has 0 aliphatic heterocycles. The zero-order chi connectivity index (χ0) is 21.3. The van der Waals surface area contributed by atoms with Gasteiger partial charge in [0, 0.05) is 16.5 Å². The van der Waals surface area contributed by atoms with Gasteiger partial charge >= 0.3 is 0 Å². The Morgan fingerprint density at radius 1 is 1.07 bits per heavy atom. The van der Waals surface area contributed by atoms with Crippen LogP contribution in [0.3, 0.4) is 0 Å². The van der Waals surface area contributed by atoms with Gasteiger partial charge in [0.2, 0.25) is 0 Å². The van der Waals surface area contributed by atoms with Crippen molar-refractivity contribution in [1.82, 2.24) is 0 Å². The Labute approximate surface area is 173 Å². The molecule has 1 atom stereocenters. The highest BCUT2D eigenvalue weighted by Gasteiger charge is 2.36. The van der Waals surface area contributed by atoms with Crippen LogP contribution in [-0.2, 0) is 10.8 Å². The van der Waals surface area contributed by atoms with E-state index in [0.717, 1.165) is 11.5 Å². The van der Waals surface area contributed by atoms with Crippen LogP contribution in [0, 0.1) is 0 Å². The zero-order valence-corrected chi connectivity index (χ0v) is 20.3. The standard InChI is InChI=1S/C25H38O2Si/c1-11-14-27-23-21(24(2,3)4)16-19(26-7)17-22(23)25(5,6)18-12-13-20(15-18)28(8,9)10/h11-13,15-17,20H,1,14H2,2-10H3. The van der Waals surface area contributed by atoms with Gasteiger partial charge in [-0.15, -0.1) is 0 Å². The van der Waals surface area contributed by atoms with E-state index in [9.17, 15) is 0 Å². The van der Waals surface area contributed by atoms with Crippen LogP contribution in [-0.4, -0.2) is 21.8 Å². The van der Waals surface area contributed by atoms with Gasteiger partial charge in [-0.2, -0.15) is 0 Å². The summed E-state index contributed by atoms with van der Waals surface area (Å²) in [4.78, 5) is 0. The summed E-state index contributed by atoms with van der Waals surface area (Å²) in [6.07, 6.45) is 8.98. The van der Waals surface area contributed by atoms with Gasteiger partial charge in [-0.3, -0.25) is 0 Å². The molecule has 1 aromatic rings. The van der Waals surface area contributed by atoms with Crippen molar-refractivity contribution in [2.24, 2.45) is 0 Å². The van der Waals surface area contributed by atoms with Crippen LogP contribution < -0.4 is 9.47 Å². The zero-order valence-electron chi connectivity index (χ0n) is 19.3. The van der Waals surface area contributed by atoms with Crippen LogP contribution >= 0.6 is 0 Å². The third-order valence-corrected chi connectivity index (χ3v) is 8.05. The average molecular weight is 399 g/mol. The van der Waals surface area contributed by atoms with Gasteiger partial charge in [0.15, 0.2) is 0 Å². The largest absolute Gasteiger partial charge is 0.497 e. The number of hydrogen-bond donors (Lipinski definition) is 0.